The highest BCUT2D eigenvalue weighted by atomic mass is 35.5. The van der Waals surface area contributed by atoms with Crippen LogP contribution in [0.25, 0.3) is 0 Å². The van der Waals surface area contributed by atoms with E-state index in [1.807, 2.05) is 19.1 Å². The summed E-state index contributed by atoms with van der Waals surface area (Å²) in [6.07, 6.45) is 6.87. The molecule has 2 N–H and O–H groups in total. The molecule has 2 saturated heterocycles. The minimum atomic E-state index is -1.16. The third kappa shape index (κ3) is 4.75. The molecule has 8 nitrogen and oxygen atoms in total. The lowest BCUT2D eigenvalue weighted by molar-refractivity contribution is -0.141. The molecule has 38 heavy (non-hydrogen) atoms. The van der Waals surface area contributed by atoms with E-state index in [-0.39, 0.29) is 23.8 Å². The Hall–Kier alpha value is -2.42. The molecule has 3 heterocycles. The summed E-state index contributed by atoms with van der Waals surface area (Å²) in [5, 5.41) is 6.77. The van der Waals surface area contributed by atoms with Crippen molar-refractivity contribution in [2.45, 2.75) is 70.2 Å². The Kier molecular flexibility index (Phi) is 7.85. The van der Waals surface area contributed by atoms with Crippen molar-refractivity contribution >= 4 is 35.0 Å². The van der Waals surface area contributed by atoms with Gasteiger partial charge >= 0.3 is 0 Å². The third-order valence-electron chi connectivity index (χ3n) is 8.96. The van der Waals surface area contributed by atoms with Gasteiger partial charge in [-0.3, -0.25) is 14.4 Å². The number of hydrogen-bond acceptors (Lipinski definition) is 5. The molecule has 3 aliphatic heterocycles. The first-order valence-corrected chi connectivity index (χ1v) is 14.3. The van der Waals surface area contributed by atoms with Gasteiger partial charge in [-0.2, -0.15) is 0 Å². The molecule has 4 aliphatic rings. The summed E-state index contributed by atoms with van der Waals surface area (Å²) in [6.45, 7) is 7.77. The Balaban J connectivity index is 1.41. The van der Waals surface area contributed by atoms with Crippen LogP contribution in [0.3, 0.4) is 0 Å². The molecule has 1 saturated carbocycles. The minimum absolute atomic E-state index is 0.0497. The summed E-state index contributed by atoms with van der Waals surface area (Å²) >= 11 is 5.99. The molecule has 3 fully saturated rings. The molecule has 0 radical (unpaired) electrons. The number of nitrogens with one attached hydrogen (secondary N) is 2. The number of hydrogen-bond donors (Lipinski definition) is 2. The van der Waals surface area contributed by atoms with Gasteiger partial charge in [0.1, 0.15) is 11.6 Å². The first kappa shape index (κ1) is 27.2. The molecule has 206 valence electrons. The monoisotopic (exact) mass is 543 g/mol. The van der Waals surface area contributed by atoms with Crippen LogP contribution in [0.2, 0.25) is 5.02 Å². The fraction of sp³-hybridized carbons (Fsp3) is 0.621. The van der Waals surface area contributed by atoms with Crippen LogP contribution in [0.5, 0.6) is 0 Å². The second-order valence-corrected chi connectivity index (χ2v) is 11.6. The zero-order valence-electron chi connectivity index (χ0n) is 22.3. The molecular weight excluding hydrogens is 506 g/mol. The first-order valence-electron chi connectivity index (χ1n) is 13.9. The van der Waals surface area contributed by atoms with Crippen LogP contribution in [0.4, 0.5) is 5.69 Å². The Labute approximate surface area is 229 Å². The third-order valence-corrected chi connectivity index (χ3v) is 9.22. The van der Waals surface area contributed by atoms with Crippen molar-refractivity contribution in [1.29, 1.82) is 0 Å². The van der Waals surface area contributed by atoms with Gasteiger partial charge in [-0.15, -0.1) is 0 Å². The number of ether oxygens (including phenoxy) is 2. The van der Waals surface area contributed by atoms with Gasteiger partial charge in [0.2, 0.25) is 17.7 Å². The van der Waals surface area contributed by atoms with Gasteiger partial charge in [0.05, 0.1) is 17.9 Å². The summed E-state index contributed by atoms with van der Waals surface area (Å²) in [7, 11) is 0. The number of nitrogens with zero attached hydrogens (tertiary/aromatic N) is 1. The number of anilines is 1. The number of rotatable bonds is 9. The van der Waals surface area contributed by atoms with Crippen LogP contribution >= 0.6 is 11.6 Å². The average Bonchev–Trinajstić information content (AvgIpc) is 3.53. The number of benzene rings is 1. The molecule has 0 aromatic heterocycles. The normalized spacial score (nSPS) is 35.4. The van der Waals surface area contributed by atoms with E-state index in [0.717, 1.165) is 19.3 Å². The smallest absolute Gasteiger partial charge is 0.246 e. The van der Waals surface area contributed by atoms with E-state index >= 15 is 0 Å². The number of halogens is 1. The Morgan fingerprint density at radius 2 is 1.95 bits per heavy atom. The summed E-state index contributed by atoms with van der Waals surface area (Å²) in [6, 6.07) is 6.06. The number of fused-ring (bicyclic) bond motifs is 1. The summed E-state index contributed by atoms with van der Waals surface area (Å²) in [4.78, 5) is 43.1. The minimum Gasteiger partial charge on any atom is -0.382 e. The van der Waals surface area contributed by atoms with Crippen molar-refractivity contribution < 1.29 is 23.9 Å². The molecule has 0 unspecified atom stereocenters. The van der Waals surface area contributed by atoms with Gasteiger partial charge in [-0.25, -0.2) is 0 Å². The van der Waals surface area contributed by atoms with Crippen LogP contribution in [0.1, 0.15) is 46.5 Å². The summed E-state index contributed by atoms with van der Waals surface area (Å²) < 4.78 is 11.9. The van der Waals surface area contributed by atoms with Gasteiger partial charge in [0.25, 0.3) is 0 Å². The maximum atomic E-state index is 14.0. The zero-order chi connectivity index (χ0) is 27.0. The topological polar surface area (TPSA) is 97.0 Å². The Bertz CT molecular complexity index is 1090. The average molecular weight is 544 g/mol. The molecule has 1 spiro atoms. The van der Waals surface area contributed by atoms with Crippen molar-refractivity contribution in [3.63, 3.8) is 0 Å². The van der Waals surface area contributed by atoms with Crippen molar-refractivity contribution in [1.82, 2.24) is 10.2 Å². The van der Waals surface area contributed by atoms with E-state index in [4.69, 9.17) is 21.1 Å². The van der Waals surface area contributed by atoms with Crippen LogP contribution in [-0.4, -0.2) is 66.2 Å². The maximum Gasteiger partial charge on any atom is 0.246 e. The van der Waals surface area contributed by atoms with Gasteiger partial charge in [0.15, 0.2) is 0 Å². The Morgan fingerprint density at radius 1 is 1.18 bits per heavy atom. The summed E-state index contributed by atoms with van der Waals surface area (Å²) in [5.41, 5.74) is -0.572. The lowest BCUT2D eigenvalue weighted by atomic mass is 9.73. The highest BCUT2D eigenvalue weighted by molar-refractivity contribution is 6.30. The summed E-state index contributed by atoms with van der Waals surface area (Å²) in [5.74, 6) is -1.35. The lowest BCUT2D eigenvalue weighted by Gasteiger charge is -2.38. The van der Waals surface area contributed by atoms with E-state index in [9.17, 15) is 14.4 Å². The fourth-order valence-electron chi connectivity index (χ4n) is 6.80. The Morgan fingerprint density at radius 3 is 2.68 bits per heavy atom. The van der Waals surface area contributed by atoms with E-state index in [1.54, 1.807) is 29.2 Å². The number of likely N-dealkylation sites (tertiary alicyclic amines) is 1. The fourth-order valence-corrected chi connectivity index (χ4v) is 6.92. The molecule has 1 aliphatic carbocycles. The van der Waals surface area contributed by atoms with Crippen molar-refractivity contribution in [3.05, 3.63) is 41.4 Å². The van der Waals surface area contributed by atoms with Crippen molar-refractivity contribution in [2.24, 2.45) is 23.7 Å². The molecule has 2 bridgehead atoms. The quantitative estimate of drug-likeness (QED) is 0.365. The second-order valence-electron chi connectivity index (χ2n) is 11.2. The van der Waals surface area contributed by atoms with Gasteiger partial charge in [-0.1, -0.05) is 50.4 Å². The van der Waals surface area contributed by atoms with E-state index in [1.165, 1.54) is 0 Å². The van der Waals surface area contributed by atoms with E-state index in [0.29, 0.717) is 48.7 Å². The predicted molar refractivity (Wildman–Crippen MR) is 145 cm³/mol. The second kappa shape index (κ2) is 11.0. The van der Waals surface area contributed by atoms with Crippen molar-refractivity contribution in [3.8, 4) is 0 Å². The molecule has 9 heteroatoms. The molecule has 1 aromatic rings. The zero-order valence-corrected chi connectivity index (χ0v) is 23.1. The number of amides is 3. The van der Waals surface area contributed by atoms with Gasteiger partial charge < -0.3 is 25.0 Å². The van der Waals surface area contributed by atoms with Crippen LogP contribution in [-0.2, 0) is 23.9 Å². The molecule has 8 atom stereocenters. The van der Waals surface area contributed by atoms with Gasteiger partial charge in [0, 0.05) is 36.5 Å². The van der Waals surface area contributed by atoms with E-state index < -0.39 is 29.6 Å². The molecule has 3 amide bonds. The number of carbonyl (C=O) groups is 3. The molecule has 1 aromatic carbocycles. The van der Waals surface area contributed by atoms with E-state index in [2.05, 4.69) is 24.5 Å². The van der Waals surface area contributed by atoms with Crippen LogP contribution in [0, 0.1) is 23.7 Å². The van der Waals surface area contributed by atoms with Crippen LogP contribution in [0.15, 0.2) is 36.4 Å². The highest BCUT2D eigenvalue weighted by Crippen LogP contribution is 2.55. The molecule has 5 rings (SSSR count). The first-order chi connectivity index (χ1) is 18.3. The standard InChI is InChI=1S/C29H38ClN3O5/c1-4-37-16-6-15-33-25(27(35)32-21-8-5-7-17(2)18(21)3)29-14-13-22(38-29)23(24(29)28(33)36)26(34)31-20-11-9-19(30)10-12-20/h9-14,17-18,21-25H,4-8,15-16H2,1-3H3,(H,31,34)(H,32,35)/t17-,18-,21+,22+,23+,24+,25-,29-/m0/s1. The van der Waals surface area contributed by atoms with Crippen molar-refractivity contribution in [2.75, 3.05) is 25.1 Å². The maximum absolute atomic E-state index is 14.0. The largest absolute Gasteiger partial charge is 0.382 e. The van der Waals surface area contributed by atoms with Crippen LogP contribution < -0.4 is 10.6 Å². The SMILES string of the molecule is CCOCCCN1C(=O)[C@H]2[C@H](C(=O)Nc3ccc(Cl)cc3)[C@H]3C=C[C@@]2(O3)[C@@H]1C(=O)N[C@@H]1CCC[C@H](C)[C@@H]1C. The predicted octanol–water partition coefficient (Wildman–Crippen LogP) is 3.80. The number of carbonyl (C=O) groups excluding carboxylic acids is 3. The van der Waals surface area contributed by atoms with Gasteiger partial charge in [-0.05, 0) is 55.9 Å². The lowest BCUT2D eigenvalue weighted by Crippen LogP contribution is -2.58. The highest BCUT2D eigenvalue weighted by Gasteiger charge is 2.72. The molecular formula is C29H38ClN3O5.